The summed E-state index contributed by atoms with van der Waals surface area (Å²) in [5, 5.41) is 6.26. The van der Waals surface area contributed by atoms with E-state index >= 15 is 0 Å². The molecule has 1 atom stereocenters. The van der Waals surface area contributed by atoms with Gasteiger partial charge in [-0.25, -0.2) is 0 Å². The molecule has 0 bridgehead atoms. The normalized spacial score (nSPS) is 16.4. The van der Waals surface area contributed by atoms with Gasteiger partial charge >= 0.3 is 0 Å². The van der Waals surface area contributed by atoms with Crippen molar-refractivity contribution in [1.82, 2.24) is 5.32 Å². The van der Waals surface area contributed by atoms with Gasteiger partial charge in [0.1, 0.15) is 6.04 Å². The number of hydrogen-bond donors (Lipinski definition) is 2. The monoisotopic (exact) mass is 232 g/mol. The molecule has 3 heteroatoms. The van der Waals surface area contributed by atoms with Crippen LogP contribution in [0.4, 0.5) is 5.69 Å². The first-order valence-corrected chi connectivity index (χ1v) is 6.20. The Morgan fingerprint density at radius 2 is 2.06 bits per heavy atom. The molecular formula is C14H20N2O. The van der Waals surface area contributed by atoms with E-state index in [2.05, 4.69) is 36.6 Å². The molecule has 0 saturated heterocycles. The second-order valence-electron chi connectivity index (χ2n) is 4.97. The molecule has 3 nitrogen and oxygen atoms in total. The van der Waals surface area contributed by atoms with Crippen LogP contribution in [0.15, 0.2) is 18.2 Å². The molecule has 1 saturated carbocycles. The topological polar surface area (TPSA) is 41.1 Å². The highest BCUT2D eigenvalue weighted by molar-refractivity contribution is 5.84. The fraction of sp³-hybridized carbons (Fsp3) is 0.500. The van der Waals surface area contributed by atoms with Gasteiger partial charge in [0.2, 0.25) is 5.91 Å². The number of carbonyl (C=O) groups is 1. The van der Waals surface area contributed by atoms with E-state index in [-0.39, 0.29) is 11.9 Å². The van der Waals surface area contributed by atoms with Crippen LogP contribution in [0, 0.1) is 13.8 Å². The Morgan fingerprint density at radius 3 is 2.65 bits per heavy atom. The molecule has 2 rings (SSSR count). The van der Waals surface area contributed by atoms with Crippen molar-refractivity contribution in [1.29, 1.82) is 0 Å². The summed E-state index contributed by atoms with van der Waals surface area (Å²) < 4.78 is 0. The minimum absolute atomic E-state index is 0.0903. The number of aryl methyl sites for hydroxylation is 2. The van der Waals surface area contributed by atoms with Gasteiger partial charge in [0, 0.05) is 11.7 Å². The van der Waals surface area contributed by atoms with Crippen LogP contribution in [0.5, 0.6) is 0 Å². The lowest BCUT2D eigenvalue weighted by molar-refractivity contribution is -0.121. The standard InChI is InChI=1S/C14H20N2O/c1-9-4-7-13(10(2)8-9)15-11(3)14(17)16-12-5-6-12/h4,7-8,11-12,15H,5-6H2,1-3H3,(H,16,17)/t11-/m1/s1. The number of rotatable bonds is 4. The Morgan fingerprint density at radius 1 is 1.35 bits per heavy atom. The number of hydrogen-bond acceptors (Lipinski definition) is 2. The molecule has 0 spiro atoms. The zero-order chi connectivity index (χ0) is 12.4. The van der Waals surface area contributed by atoms with Crippen molar-refractivity contribution in [2.45, 2.75) is 45.7 Å². The average molecular weight is 232 g/mol. The summed E-state index contributed by atoms with van der Waals surface area (Å²) >= 11 is 0. The van der Waals surface area contributed by atoms with E-state index in [1.807, 2.05) is 13.0 Å². The van der Waals surface area contributed by atoms with Crippen molar-refractivity contribution in [2.75, 3.05) is 5.32 Å². The smallest absolute Gasteiger partial charge is 0.242 e. The molecule has 17 heavy (non-hydrogen) atoms. The molecule has 1 fully saturated rings. The van der Waals surface area contributed by atoms with Gasteiger partial charge in [0.15, 0.2) is 0 Å². The summed E-state index contributed by atoms with van der Waals surface area (Å²) in [6.45, 7) is 6.03. The predicted octanol–water partition coefficient (Wildman–Crippen LogP) is 2.38. The maximum Gasteiger partial charge on any atom is 0.242 e. The maximum atomic E-state index is 11.8. The Bertz CT molecular complexity index is 424. The van der Waals surface area contributed by atoms with Crippen LogP contribution in [-0.2, 0) is 4.79 Å². The largest absolute Gasteiger partial charge is 0.374 e. The van der Waals surface area contributed by atoms with Gasteiger partial charge in [-0.3, -0.25) is 4.79 Å². The minimum atomic E-state index is -0.183. The van der Waals surface area contributed by atoms with Crippen molar-refractivity contribution in [2.24, 2.45) is 0 Å². The molecule has 1 aliphatic rings. The maximum absolute atomic E-state index is 11.8. The van der Waals surface area contributed by atoms with Crippen LogP contribution in [0.25, 0.3) is 0 Å². The van der Waals surface area contributed by atoms with Gasteiger partial charge < -0.3 is 10.6 Å². The van der Waals surface area contributed by atoms with Crippen molar-refractivity contribution in [3.63, 3.8) is 0 Å². The van der Waals surface area contributed by atoms with Crippen LogP contribution in [0.1, 0.15) is 30.9 Å². The molecule has 1 amide bonds. The van der Waals surface area contributed by atoms with E-state index in [0.29, 0.717) is 6.04 Å². The van der Waals surface area contributed by atoms with E-state index in [0.717, 1.165) is 18.5 Å². The number of anilines is 1. The van der Waals surface area contributed by atoms with E-state index in [1.54, 1.807) is 0 Å². The quantitative estimate of drug-likeness (QED) is 0.837. The van der Waals surface area contributed by atoms with E-state index in [9.17, 15) is 4.79 Å². The Hall–Kier alpha value is -1.51. The van der Waals surface area contributed by atoms with Crippen molar-refractivity contribution >= 4 is 11.6 Å². The second kappa shape index (κ2) is 4.78. The summed E-state index contributed by atoms with van der Waals surface area (Å²) in [4.78, 5) is 11.8. The fourth-order valence-corrected chi connectivity index (χ4v) is 1.83. The number of carbonyl (C=O) groups excluding carboxylic acids is 1. The first kappa shape index (κ1) is 12.0. The molecule has 92 valence electrons. The van der Waals surface area contributed by atoms with Gasteiger partial charge in [0.25, 0.3) is 0 Å². The van der Waals surface area contributed by atoms with Crippen molar-refractivity contribution < 1.29 is 4.79 Å². The molecule has 0 unspecified atom stereocenters. The van der Waals surface area contributed by atoms with Gasteiger partial charge in [-0.2, -0.15) is 0 Å². The SMILES string of the molecule is Cc1ccc(N[C@H](C)C(=O)NC2CC2)c(C)c1. The van der Waals surface area contributed by atoms with E-state index < -0.39 is 0 Å². The summed E-state index contributed by atoms with van der Waals surface area (Å²) in [6.07, 6.45) is 2.25. The third-order valence-electron chi connectivity index (χ3n) is 3.07. The first-order valence-electron chi connectivity index (χ1n) is 6.20. The molecule has 0 aliphatic heterocycles. The Balaban J connectivity index is 1.96. The predicted molar refractivity (Wildman–Crippen MR) is 70.2 cm³/mol. The highest BCUT2D eigenvalue weighted by Crippen LogP contribution is 2.20. The molecule has 0 radical (unpaired) electrons. The van der Waals surface area contributed by atoms with Gasteiger partial charge in [0.05, 0.1) is 0 Å². The molecule has 0 heterocycles. The minimum Gasteiger partial charge on any atom is -0.374 e. The highest BCUT2D eigenvalue weighted by atomic mass is 16.2. The summed E-state index contributed by atoms with van der Waals surface area (Å²) in [7, 11) is 0. The zero-order valence-corrected chi connectivity index (χ0v) is 10.7. The lowest BCUT2D eigenvalue weighted by Gasteiger charge is -2.17. The fourth-order valence-electron chi connectivity index (χ4n) is 1.83. The van der Waals surface area contributed by atoms with Crippen LogP contribution in [0.2, 0.25) is 0 Å². The number of benzene rings is 1. The summed E-state index contributed by atoms with van der Waals surface area (Å²) in [5.74, 6) is 0.0903. The highest BCUT2D eigenvalue weighted by Gasteiger charge is 2.25. The first-order chi connectivity index (χ1) is 8.06. The van der Waals surface area contributed by atoms with Crippen molar-refractivity contribution in [3.05, 3.63) is 29.3 Å². The van der Waals surface area contributed by atoms with E-state index in [4.69, 9.17) is 0 Å². The van der Waals surface area contributed by atoms with Crippen LogP contribution >= 0.6 is 0 Å². The van der Waals surface area contributed by atoms with Gasteiger partial charge in [-0.1, -0.05) is 17.7 Å². The van der Waals surface area contributed by atoms with Gasteiger partial charge in [-0.05, 0) is 45.2 Å². The molecule has 0 aromatic heterocycles. The summed E-state index contributed by atoms with van der Waals surface area (Å²) in [6, 6.07) is 6.45. The molecule has 2 N–H and O–H groups in total. The zero-order valence-electron chi connectivity index (χ0n) is 10.7. The second-order valence-corrected chi connectivity index (χ2v) is 4.97. The molecule has 1 aromatic rings. The lowest BCUT2D eigenvalue weighted by Crippen LogP contribution is -2.38. The molecular weight excluding hydrogens is 212 g/mol. The van der Waals surface area contributed by atoms with Crippen molar-refractivity contribution in [3.8, 4) is 0 Å². The Labute approximate surface area is 103 Å². The third kappa shape index (κ3) is 3.22. The van der Waals surface area contributed by atoms with Crippen LogP contribution in [-0.4, -0.2) is 18.0 Å². The molecule has 1 aliphatic carbocycles. The average Bonchev–Trinajstić information content (AvgIpc) is 3.06. The van der Waals surface area contributed by atoms with Crippen LogP contribution < -0.4 is 10.6 Å². The lowest BCUT2D eigenvalue weighted by atomic mass is 10.1. The van der Waals surface area contributed by atoms with Gasteiger partial charge in [-0.15, -0.1) is 0 Å². The Kier molecular flexibility index (Phi) is 3.36. The van der Waals surface area contributed by atoms with E-state index in [1.165, 1.54) is 11.1 Å². The molecule has 1 aromatic carbocycles. The third-order valence-corrected chi connectivity index (χ3v) is 3.07. The number of nitrogens with one attached hydrogen (secondary N) is 2. The van der Waals surface area contributed by atoms with Crippen LogP contribution in [0.3, 0.4) is 0 Å². The number of amides is 1. The summed E-state index contributed by atoms with van der Waals surface area (Å²) in [5.41, 5.74) is 3.45.